The van der Waals surface area contributed by atoms with Gasteiger partial charge in [-0.15, -0.1) is 11.3 Å². The lowest BCUT2D eigenvalue weighted by molar-refractivity contribution is -0.118. The van der Waals surface area contributed by atoms with Crippen molar-refractivity contribution in [1.82, 2.24) is 0 Å². The van der Waals surface area contributed by atoms with Gasteiger partial charge < -0.3 is 5.11 Å². The minimum Gasteiger partial charge on any atom is -0.503 e. The lowest BCUT2D eigenvalue weighted by atomic mass is 10.00. The molecule has 1 aromatic carbocycles. The van der Waals surface area contributed by atoms with Crippen molar-refractivity contribution in [3.05, 3.63) is 62.5 Å². The lowest BCUT2D eigenvalue weighted by Crippen LogP contribution is -2.31. The second kappa shape index (κ2) is 6.42. The van der Waals surface area contributed by atoms with Crippen LogP contribution >= 0.6 is 22.9 Å². The van der Waals surface area contributed by atoms with Gasteiger partial charge in [-0.25, -0.2) is 0 Å². The number of nitrogens with zero attached hydrogens (tertiary/aromatic N) is 1. The van der Waals surface area contributed by atoms with Crippen molar-refractivity contribution in [2.24, 2.45) is 0 Å². The predicted octanol–water partition coefficient (Wildman–Crippen LogP) is 4.59. The van der Waals surface area contributed by atoms with Crippen LogP contribution < -0.4 is 4.90 Å². The Labute approximate surface area is 149 Å². The van der Waals surface area contributed by atoms with E-state index in [0.29, 0.717) is 10.7 Å². The van der Waals surface area contributed by atoms with Gasteiger partial charge in [-0.2, -0.15) is 0 Å². The smallest absolute Gasteiger partial charge is 0.294 e. The molecule has 1 atom stereocenters. The number of aryl methyl sites for hydroxylation is 1. The van der Waals surface area contributed by atoms with Crippen molar-refractivity contribution in [2.75, 3.05) is 4.90 Å². The molecule has 0 radical (unpaired) electrons. The molecule has 24 heavy (non-hydrogen) atoms. The van der Waals surface area contributed by atoms with Crippen LogP contribution in [0.25, 0.3) is 0 Å². The summed E-state index contributed by atoms with van der Waals surface area (Å²) in [6.45, 7) is 3.56. The molecular formula is C18H16ClNO3S. The Kier molecular flexibility index (Phi) is 4.47. The number of anilines is 1. The molecule has 1 amide bonds. The number of aliphatic hydroxyl groups excluding tert-OH is 1. The molecular weight excluding hydrogens is 346 g/mol. The van der Waals surface area contributed by atoms with Crippen LogP contribution in [0.2, 0.25) is 5.02 Å². The Bertz CT molecular complexity index is 842. The number of halogens is 1. The van der Waals surface area contributed by atoms with Crippen LogP contribution in [-0.2, 0) is 9.59 Å². The first kappa shape index (κ1) is 16.7. The first-order chi connectivity index (χ1) is 11.5. The molecule has 0 saturated carbocycles. The van der Waals surface area contributed by atoms with Crippen LogP contribution in [0.15, 0.2) is 47.0 Å². The van der Waals surface area contributed by atoms with E-state index in [1.54, 1.807) is 25.1 Å². The molecule has 4 nitrogen and oxygen atoms in total. The summed E-state index contributed by atoms with van der Waals surface area (Å²) in [5.41, 5.74) is 1.60. The lowest BCUT2D eigenvalue weighted by Gasteiger charge is -2.27. The average Bonchev–Trinajstić information content (AvgIpc) is 3.15. The summed E-state index contributed by atoms with van der Waals surface area (Å²) in [5, 5.41) is 12.8. The van der Waals surface area contributed by atoms with E-state index in [0.717, 1.165) is 10.4 Å². The first-order valence-electron chi connectivity index (χ1n) is 7.55. The zero-order chi connectivity index (χ0) is 17.4. The van der Waals surface area contributed by atoms with Crippen molar-refractivity contribution >= 4 is 40.3 Å². The molecule has 3 rings (SSSR count). The monoisotopic (exact) mass is 361 g/mol. The SMILES string of the molecule is CCC(=O)C1=C(O)C(=O)N(c2ccc(Cl)cc2C)C1c1cccs1. The summed E-state index contributed by atoms with van der Waals surface area (Å²) in [6.07, 6.45) is 0.224. The highest BCUT2D eigenvalue weighted by molar-refractivity contribution is 7.10. The minimum absolute atomic E-state index is 0.166. The largest absolute Gasteiger partial charge is 0.503 e. The normalized spacial score (nSPS) is 17.7. The molecule has 0 aliphatic carbocycles. The summed E-state index contributed by atoms with van der Waals surface area (Å²) >= 11 is 7.46. The third kappa shape index (κ3) is 2.64. The molecule has 2 heterocycles. The third-order valence-corrected chi connectivity index (χ3v) is 5.22. The van der Waals surface area contributed by atoms with Crippen LogP contribution in [-0.4, -0.2) is 16.8 Å². The van der Waals surface area contributed by atoms with Crippen molar-refractivity contribution < 1.29 is 14.7 Å². The average molecular weight is 362 g/mol. The molecule has 1 N–H and O–H groups in total. The first-order valence-corrected chi connectivity index (χ1v) is 8.81. The third-order valence-electron chi connectivity index (χ3n) is 4.06. The number of benzene rings is 1. The fourth-order valence-electron chi connectivity index (χ4n) is 2.93. The second-order valence-electron chi connectivity index (χ2n) is 5.56. The summed E-state index contributed by atoms with van der Waals surface area (Å²) in [7, 11) is 0. The van der Waals surface area contributed by atoms with Crippen LogP contribution in [0.5, 0.6) is 0 Å². The maximum atomic E-state index is 12.7. The van der Waals surface area contributed by atoms with Gasteiger partial charge in [0.15, 0.2) is 11.5 Å². The molecule has 6 heteroatoms. The van der Waals surface area contributed by atoms with Crippen molar-refractivity contribution in [2.45, 2.75) is 26.3 Å². The molecule has 1 aromatic heterocycles. The van der Waals surface area contributed by atoms with E-state index < -0.39 is 17.7 Å². The van der Waals surface area contributed by atoms with E-state index in [9.17, 15) is 14.7 Å². The fraction of sp³-hybridized carbons (Fsp3) is 0.222. The van der Waals surface area contributed by atoms with E-state index in [1.807, 2.05) is 24.4 Å². The predicted molar refractivity (Wildman–Crippen MR) is 95.7 cm³/mol. The Balaban J connectivity index is 2.18. The highest BCUT2D eigenvalue weighted by Crippen LogP contribution is 2.43. The number of hydrogen-bond acceptors (Lipinski definition) is 4. The Morgan fingerprint density at radius 1 is 1.38 bits per heavy atom. The number of hydrogen-bond donors (Lipinski definition) is 1. The maximum absolute atomic E-state index is 12.7. The van der Waals surface area contributed by atoms with E-state index in [4.69, 9.17) is 11.6 Å². The van der Waals surface area contributed by atoms with Gasteiger partial charge in [0.2, 0.25) is 0 Å². The summed E-state index contributed by atoms with van der Waals surface area (Å²) in [4.78, 5) is 27.4. The van der Waals surface area contributed by atoms with Gasteiger partial charge in [0.25, 0.3) is 5.91 Å². The summed E-state index contributed by atoms with van der Waals surface area (Å²) < 4.78 is 0. The zero-order valence-electron chi connectivity index (χ0n) is 13.2. The molecule has 0 fully saturated rings. The topological polar surface area (TPSA) is 57.6 Å². The van der Waals surface area contributed by atoms with Crippen molar-refractivity contribution in [3.8, 4) is 0 Å². The molecule has 1 aliphatic heterocycles. The summed E-state index contributed by atoms with van der Waals surface area (Å²) in [5.74, 6) is -1.25. The zero-order valence-corrected chi connectivity index (χ0v) is 14.8. The highest BCUT2D eigenvalue weighted by atomic mass is 35.5. The molecule has 124 valence electrons. The number of carbonyl (C=O) groups excluding carboxylic acids is 2. The second-order valence-corrected chi connectivity index (χ2v) is 6.98. The van der Waals surface area contributed by atoms with Crippen LogP contribution in [0.1, 0.15) is 29.8 Å². The highest BCUT2D eigenvalue weighted by Gasteiger charge is 2.44. The molecule has 0 spiro atoms. The quantitative estimate of drug-likeness (QED) is 0.866. The van der Waals surface area contributed by atoms with E-state index in [1.165, 1.54) is 16.2 Å². The fourth-order valence-corrected chi connectivity index (χ4v) is 3.98. The number of thiophene rings is 1. The standard InChI is InChI=1S/C18H16ClNO3S/c1-3-13(21)15-16(14-5-4-8-24-14)20(18(23)17(15)22)12-7-6-11(19)9-10(12)2/h4-9,16,22H,3H2,1-2H3. The van der Waals surface area contributed by atoms with Crippen LogP contribution in [0, 0.1) is 6.92 Å². The molecule has 2 aromatic rings. The molecule has 1 unspecified atom stereocenters. The Hall–Kier alpha value is -2.11. The molecule has 1 aliphatic rings. The van der Waals surface area contributed by atoms with Gasteiger partial charge in [-0.05, 0) is 42.1 Å². The number of amides is 1. The van der Waals surface area contributed by atoms with Crippen molar-refractivity contribution in [3.63, 3.8) is 0 Å². The number of aliphatic hydroxyl groups is 1. The van der Waals surface area contributed by atoms with Gasteiger partial charge >= 0.3 is 0 Å². The molecule has 0 bridgehead atoms. The number of ketones is 1. The van der Waals surface area contributed by atoms with Gasteiger partial charge in [0, 0.05) is 22.0 Å². The summed E-state index contributed by atoms with van der Waals surface area (Å²) in [6, 6.07) is 8.31. The number of Topliss-reactive ketones (excluding diaryl/α,β-unsaturated/α-hetero) is 1. The van der Waals surface area contributed by atoms with Crippen LogP contribution in [0.4, 0.5) is 5.69 Å². The minimum atomic E-state index is -0.607. The van der Waals surface area contributed by atoms with Gasteiger partial charge in [-0.3, -0.25) is 14.5 Å². The molecule has 0 saturated heterocycles. The van der Waals surface area contributed by atoms with Crippen molar-refractivity contribution in [1.29, 1.82) is 0 Å². The number of rotatable bonds is 4. The van der Waals surface area contributed by atoms with E-state index in [-0.39, 0.29) is 17.8 Å². The number of carbonyl (C=O) groups is 2. The van der Waals surface area contributed by atoms with Crippen LogP contribution in [0.3, 0.4) is 0 Å². The maximum Gasteiger partial charge on any atom is 0.294 e. The van der Waals surface area contributed by atoms with Gasteiger partial charge in [0.05, 0.1) is 5.57 Å². The Morgan fingerprint density at radius 3 is 2.71 bits per heavy atom. The van der Waals surface area contributed by atoms with Gasteiger partial charge in [-0.1, -0.05) is 24.6 Å². The van der Waals surface area contributed by atoms with E-state index in [2.05, 4.69) is 0 Å². The Morgan fingerprint density at radius 2 is 2.12 bits per heavy atom. The van der Waals surface area contributed by atoms with E-state index >= 15 is 0 Å². The van der Waals surface area contributed by atoms with Gasteiger partial charge in [0.1, 0.15) is 6.04 Å².